The van der Waals surface area contributed by atoms with E-state index in [1.807, 2.05) is 61.5 Å². The van der Waals surface area contributed by atoms with Gasteiger partial charge in [0.25, 0.3) is 0 Å². The molecule has 0 radical (unpaired) electrons. The van der Waals surface area contributed by atoms with Crippen molar-refractivity contribution in [1.29, 1.82) is 0 Å². The van der Waals surface area contributed by atoms with Crippen molar-refractivity contribution in [2.75, 3.05) is 23.7 Å². The number of nitrogens with zero attached hydrogens (tertiary/aromatic N) is 1. The summed E-state index contributed by atoms with van der Waals surface area (Å²) in [5, 5.41) is 2.86. The summed E-state index contributed by atoms with van der Waals surface area (Å²) in [6.07, 6.45) is 2.53. The quantitative estimate of drug-likeness (QED) is 0.365. The summed E-state index contributed by atoms with van der Waals surface area (Å²) < 4.78 is 37.7. The predicted molar refractivity (Wildman–Crippen MR) is 139 cm³/mol. The van der Waals surface area contributed by atoms with Gasteiger partial charge in [-0.3, -0.25) is 9.10 Å². The number of hydrogen-bond acceptors (Lipinski definition) is 5. The summed E-state index contributed by atoms with van der Waals surface area (Å²) in [5.41, 5.74) is 1.47. The Morgan fingerprint density at radius 3 is 2.23 bits per heavy atom. The Hall–Kier alpha value is -3.52. The Balaban J connectivity index is 1.61. The van der Waals surface area contributed by atoms with Gasteiger partial charge < -0.3 is 14.8 Å². The van der Waals surface area contributed by atoms with Gasteiger partial charge in [-0.1, -0.05) is 36.4 Å². The van der Waals surface area contributed by atoms with E-state index in [9.17, 15) is 13.2 Å². The van der Waals surface area contributed by atoms with E-state index >= 15 is 0 Å². The minimum absolute atomic E-state index is 0.363. The molecule has 0 aliphatic rings. The van der Waals surface area contributed by atoms with Crippen LogP contribution >= 0.6 is 0 Å². The van der Waals surface area contributed by atoms with Crippen molar-refractivity contribution < 1.29 is 22.7 Å². The number of benzene rings is 3. The molecule has 3 aromatic carbocycles. The number of anilines is 1. The molecule has 1 amide bonds. The largest absolute Gasteiger partial charge is 0.494 e. The topological polar surface area (TPSA) is 84.9 Å². The second-order valence-electron chi connectivity index (χ2n) is 8.08. The molecule has 0 fully saturated rings. The van der Waals surface area contributed by atoms with Gasteiger partial charge in [-0.05, 0) is 74.7 Å². The number of ether oxygens (including phenoxy) is 2. The molecule has 0 aliphatic heterocycles. The van der Waals surface area contributed by atoms with Crippen molar-refractivity contribution >= 4 is 21.6 Å². The number of sulfonamides is 1. The Bertz CT molecular complexity index is 1200. The van der Waals surface area contributed by atoms with Crippen molar-refractivity contribution in [3.8, 4) is 17.2 Å². The van der Waals surface area contributed by atoms with Crippen molar-refractivity contribution in [2.24, 2.45) is 0 Å². The summed E-state index contributed by atoms with van der Waals surface area (Å²) in [6, 6.07) is 22.8. The van der Waals surface area contributed by atoms with Crippen LogP contribution in [0.1, 0.15) is 25.8 Å². The lowest BCUT2D eigenvalue weighted by molar-refractivity contribution is -0.121. The second kappa shape index (κ2) is 12.3. The Morgan fingerprint density at radius 1 is 0.943 bits per heavy atom. The van der Waals surface area contributed by atoms with Gasteiger partial charge in [0.05, 0.1) is 18.6 Å². The number of carbonyl (C=O) groups excluding carboxylic acids is 1. The van der Waals surface area contributed by atoms with Gasteiger partial charge in [-0.2, -0.15) is 0 Å². The molecule has 0 aromatic heterocycles. The van der Waals surface area contributed by atoms with E-state index in [-0.39, 0.29) is 5.91 Å². The van der Waals surface area contributed by atoms with Crippen molar-refractivity contribution in [2.45, 2.75) is 32.7 Å². The summed E-state index contributed by atoms with van der Waals surface area (Å²) >= 11 is 0. The summed E-state index contributed by atoms with van der Waals surface area (Å²) in [4.78, 5) is 12.8. The zero-order valence-corrected chi connectivity index (χ0v) is 21.1. The number of rotatable bonds is 12. The minimum Gasteiger partial charge on any atom is -0.494 e. The van der Waals surface area contributed by atoms with Crippen LogP contribution in [0.15, 0.2) is 78.9 Å². The van der Waals surface area contributed by atoms with Crippen LogP contribution in [-0.4, -0.2) is 39.8 Å². The zero-order valence-electron chi connectivity index (χ0n) is 20.3. The first-order valence-electron chi connectivity index (χ1n) is 11.6. The third-order valence-electron chi connectivity index (χ3n) is 5.35. The highest BCUT2D eigenvalue weighted by Gasteiger charge is 2.29. The highest BCUT2D eigenvalue weighted by atomic mass is 32.2. The maximum Gasteiger partial charge on any atom is 0.243 e. The van der Waals surface area contributed by atoms with E-state index in [1.54, 1.807) is 31.2 Å². The highest BCUT2D eigenvalue weighted by molar-refractivity contribution is 7.92. The molecular formula is C27H32N2O5S. The maximum absolute atomic E-state index is 12.8. The summed E-state index contributed by atoms with van der Waals surface area (Å²) in [5.74, 6) is 1.73. The van der Waals surface area contributed by atoms with E-state index in [4.69, 9.17) is 9.47 Å². The molecule has 0 unspecified atom stereocenters. The number of carbonyl (C=O) groups is 1. The molecule has 7 nitrogen and oxygen atoms in total. The normalized spacial score (nSPS) is 12.0. The molecule has 0 heterocycles. The number of amides is 1. The lowest BCUT2D eigenvalue weighted by Crippen LogP contribution is -2.48. The van der Waals surface area contributed by atoms with Gasteiger partial charge in [-0.25, -0.2) is 8.42 Å². The van der Waals surface area contributed by atoms with E-state index in [0.29, 0.717) is 36.8 Å². The molecule has 0 aliphatic carbocycles. The first-order chi connectivity index (χ1) is 16.8. The van der Waals surface area contributed by atoms with Crippen molar-refractivity contribution in [1.82, 2.24) is 5.32 Å². The third kappa shape index (κ3) is 7.48. The van der Waals surface area contributed by atoms with E-state index < -0.39 is 16.1 Å². The maximum atomic E-state index is 12.8. The van der Waals surface area contributed by atoms with E-state index in [0.717, 1.165) is 28.3 Å². The third-order valence-corrected chi connectivity index (χ3v) is 6.59. The Kier molecular flexibility index (Phi) is 9.14. The van der Waals surface area contributed by atoms with Crippen LogP contribution in [0.5, 0.6) is 17.2 Å². The SMILES string of the molecule is CCOc1ccccc1CCCNC(=O)[C@@H](C)N(c1ccc(Oc2ccccc2)cc1)S(C)(=O)=O. The van der Waals surface area contributed by atoms with E-state index in [2.05, 4.69) is 5.32 Å². The molecule has 0 saturated carbocycles. The molecule has 0 bridgehead atoms. The van der Waals surface area contributed by atoms with Gasteiger partial charge in [0, 0.05) is 6.54 Å². The Morgan fingerprint density at radius 2 is 1.57 bits per heavy atom. The fourth-order valence-electron chi connectivity index (χ4n) is 3.74. The van der Waals surface area contributed by atoms with E-state index in [1.165, 1.54) is 0 Å². The lowest BCUT2D eigenvalue weighted by atomic mass is 10.1. The van der Waals surface area contributed by atoms with Crippen LogP contribution < -0.4 is 19.1 Å². The van der Waals surface area contributed by atoms with Crippen LogP contribution in [0.25, 0.3) is 0 Å². The molecule has 0 spiro atoms. The number of para-hydroxylation sites is 2. The fraction of sp³-hybridized carbons (Fsp3) is 0.296. The summed E-state index contributed by atoms with van der Waals surface area (Å²) in [7, 11) is -3.70. The van der Waals surface area contributed by atoms with Crippen molar-refractivity contribution in [3.63, 3.8) is 0 Å². The smallest absolute Gasteiger partial charge is 0.243 e. The number of aryl methyl sites for hydroxylation is 1. The average molecular weight is 497 g/mol. The molecule has 8 heteroatoms. The standard InChI is InChI=1S/C27H32N2O5S/c1-4-33-26-15-9-8-11-22(26)12-10-20-28-27(30)21(2)29(35(3,31)32)23-16-18-25(19-17-23)34-24-13-6-5-7-14-24/h5-9,11,13-19,21H,4,10,12,20H2,1-3H3,(H,28,30)/t21-/m1/s1. The Labute approximate surface area is 207 Å². The van der Waals surface area contributed by atoms with Gasteiger partial charge in [0.15, 0.2) is 0 Å². The molecule has 186 valence electrons. The van der Waals surface area contributed by atoms with Gasteiger partial charge in [0.1, 0.15) is 23.3 Å². The first-order valence-corrected chi connectivity index (χ1v) is 13.4. The first kappa shape index (κ1) is 26.1. The monoisotopic (exact) mass is 496 g/mol. The molecular weight excluding hydrogens is 464 g/mol. The molecule has 35 heavy (non-hydrogen) atoms. The van der Waals surface area contributed by atoms with Gasteiger partial charge in [-0.15, -0.1) is 0 Å². The molecule has 1 atom stereocenters. The lowest BCUT2D eigenvalue weighted by Gasteiger charge is -2.28. The van der Waals surface area contributed by atoms with Gasteiger partial charge >= 0.3 is 0 Å². The van der Waals surface area contributed by atoms with Crippen LogP contribution in [0, 0.1) is 0 Å². The highest BCUT2D eigenvalue weighted by Crippen LogP contribution is 2.27. The molecule has 0 saturated heterocycles. The van der Waals surface area contributed by atoms with Crippen LogP contribution in [0.2, 0.25) is 0 Å². The number of hydrogen-bond donors (Lipinski definition) is 1. The van der Waals surface area contributed by atoms with Crippen LogP contribution in [0.4, 0.5) is 5.69 Å². The minimum atomic E-state index is -3.70. The summed E-state index contributed by atoms with van der Waals surface area (Å²) in [6.45, 7) is 4.53. The predicted octanol–water partition coefficient (Wildman–Crippen LogP) is 4.78. The zero-order chi connectivity index (χ0) is 25.3. The van der Waals surface area contributed by atoms with Crippen LogP contribution in [-0.2, 0) is 21.2 Å². The van der Waals surface area contributed by atoms with Crippen molar-refractivity contribution in [3.05, 3.63) is 84.4 Å². The molecule has 3 aromatic rings. The van der Waals surface area contributed by atoms with Crippen LogP contribution in [0.3, 0.4) is 0 Å². The molecule has 1 N–H and O–H groups in total. The van der Waals surface area contributed by atoms with Gasteiger partial charge in [0.2, 0.25) is 15.9 Å². The second-order valence-corrected chi connectivity index (χ2v) is 9.94. The average Bonchev–Trinajstić information content (AvgIpc) is 2.84. The number of nitrogens with one attached hydrogen (secondary N) is 1. The molecule has 3 rings (SSSR count). The fourth-order valence-corrected chi connectivity index (χ4v) is 4.91.